The van der Waals surface area contributed by atoms with Gasteiger partial charge in [-0.2, -0.15) is 0 Å². The van der Waals surface area contributed by atoms with Gasteiger partial charge in [0.2, 0.25) is 5.91 Å². The van der Waals surface area contributed by atoms with Crippen LogP contribution in [0.25, 0.3) is 0 Å². The maximum Gasteiger partial charge on any atom is 0.317 e. The molecule has 1 heterocycles. The summed E-state index contributed by atoms with van der Waals surface area (Å²) in [4.78, 5) is 26.8. The zero-order chi connectivity index (χ0) is 20.5. The van der Waals surface area contributed by atoms with Gasteiger partial charge >= 0.3 is 5.97 Å². The number of benzene rings is 1. The highest BCUT2D eigenvalue weighted by atomic mass is 16.5. The number of aliphatic carboxylic acids is 1. The Kier molecular flexibility index (Phi) is 8.73. The molecule has 1 atom stereocenters. The number of carboxylic acid groups (broad SMARTS) is 1. The van der Waals surface area contributed by atoms with Crippen LogP contribution in [0.2, 0.25) is 0 Å². The normalized spacial score (nSPS) is 17.0. The lowest BCUT2D eigenvalue weighted by atomic mass is 10.1. The molecule has 2 rings (SSSR count). The van der Waals surface area contributed by atoms with E-state index in [0.717, 1.165) is 24.2 Å². The Labute approximate surface area is 167 Å². The minimum Gasteiger partial charge on any atom is -0.493 e. The number of ether oxygens (including phenoxy) is 2. The van der Waals surface area contributed by atoms with E-state index in [4.69, 9.17) is 14.6 Å². The molecule has 0 saturated carbocycles. The van der Waals surface area contributed by atoms with Crippen LogP contribution in [0.1, 0.15) is 30.4 Å². The fraction of sp³-hybridized carbons (Fsp3) is 0.619. The predicted octanol–water partition coefficient (Wildman–Crippen LogP) is 2.10. The molecule has 7 heteroatoms. The van der Waals surface area contributed by atoms with Crippen molar-refractivity contribution in [3.05, 3.63) is 29.3 Å². The van der Waals surface area contributed by atoms with Crippen molar-refractivity contribution in [2.45, 2.75) is 39.2 Å². The Morgan fingerprint density at radius 1 is 1.32 bits per heavy atom. The van der Waals surface area contributed by atoms with Gasteiger partial charge in [-0.3, -0.25) is 14.5 Å². The molecule has 1 N–H and O–H groups in total. The number of hydrogen-bond donors (Lipinski definition) is 1. The highest BCUT2D eigenvalue weighted by Gasteiger charge is 2.25. The van der Waals surface area contributed by atoms with Crippen molar-refractivity contribution in [3.8, 4) is 5.75 Å². The first kappa shape index (κ1) is 22.2. The van der Waals surface area contributed by atoms with E-state index in [0.29, 0.717) is 39.3 Å². The van der Waals surface area contributed by atoms with E-state index in [1.54, 1.807) is 11.9 Å². The molecular formula is C21H32N2O5. The quantitative estimate of drug-likeness (QED) is 0.615. The fourth-order valence-electron chi connectivity index (χ4n) is 3.28. The molecule has 1 aromatic carbocycles. The van der Waals surface area contributed by atoms with Crippen LogP contribution < -0.4 is 4.74 Å². The van der Waals surface area contributed by atoms with Crippen LogP contribution in [0, 0.1) is 13.8 Å². The number of nitrogens with zero attached hydrogens (tertiary/aromatic N) is 2. The van der Waals surface area contributed by atoms with E-state index in [2.05, 4.69) is 12.1 Å². The first-order valence-corrected chi connectivity index (χ1v) is 9.85. The maximum absolute atomic E-state index is 12.5. The number of amides is 1. The third-order valence-electron chi connectivity index (χ3n) is 4.80. The summed E-state index contributed by atoms with van der Waals surface area (Å²) < 4.78 is 11.5. The van der Waals surface area contributed by atoms with Crippen LogP contribution in [-0.4, -0.2) is 79.3 Å². The van der Waals surface area contributed by atoms with E-state index in [9.17, 15) is 9.59 Å². The fourth-order valence-corrected chi connectivity index (χ4v) is 3.28. The lowest BCUT2D eigenvalue weighted by molar-refractivity contribution is -0.142. The average molecular weight is 392 g/mol. The molecule has 0 aliphatic carbocycles. The number of rotatable bonds is 10. The zero-order valence-corrected chi connectivity index (χ0v) is 17.1. The number of unbranched alkanes of at least 4 members (excludes halogenated alkanes) is 1. The second-order valence-corrected chi connectivity index (χ2v) is 7.50. The number of carboxylic acids is 1. The van der Waals surface area contributed by atoms with Crippen molar-refractivity contribution < 1.29 is 24.2 Å². The molecule has 7 nitrogen and oxygen atoms in total. The van der Waals surface area contributed by atoms with Crippen LogP contribution in [0.4, 0.5) is 0 Å². The number of likely N-dealkylation sites (N-methyl/N-ethyl adjacent to an activating group) is 1. The molecule has 1 fully saturated rings. The molecule has 156 valence electrons. The van der Waals surface area contributed by atoms with E-state index in [1.165, 1.54) is 5.56 Å². The van der Waals surface area contributed by atoms with Gasteiger partial charge in [-0.25, -0.2) is 0 Å². The maximum atomic E-state index is 12.5. The van der Waals surface area contributed by atoms with Crippen molar-refractivity contribution in [2.24, 2.45) is 0 Å². The SMILES string of the molecule is Cc1ccc(C)c(OCCCCC(=O)N2CCOC(CN(C)CC(=O)O)C2)c1. The molecule has 0 radical (unpaired) electrons. The lowest BCUT2D eigenvalue weighted by Gasteiger charge is -2.34. The number of hydrogen-bond acceptors (Lipinski definition) is 5. The minimum atomic E-state index is -0.866. The second kappa shape index (κ2) is 11.0. The summed E-state index contributed by atoms with van der Waals surface area (Å²) >= 11 is 0. The number of aryl methyl sites for hydroxylation is 2. The van der Waals surface area contributed by atoms with E-state index in [-0.39, 0.29) is 18.6 Å². The summed E-state index contributed by atoms with van der Waals surface area (Å²) in [5.74, 6) is 0.170. The molecule has 1 saturated heterocycles. The van der Waals surface area contributed by atoms with Gasteiger partial charge in [0, 0.05) is 26.1 Å². The predicted molar refractivity (Wildman–Crippen MR) is 107 cm³/mol. The third-order valence-corrected chi connectivity index (χ3v) is 4.80. The van der Waals surface area contributed by atoms with Gasteiger partial charge < -0.3 is 19.5 Å². The van der Waals surface area contributed by atoms with Crippen molar-refractivity contribution in [1.82, 2.24) is 9.80 Å². The topological polar surface area (TPSA) is 79.3 Å². The summed E-state index contributed by atoms with van der Waals surface area (Å²) in [5.41, 5.74) is 2.29. The van der Waals surface area contributed by atoms with Crippen LogP contribution in [0.15, 0.2) is 18.2 Å². The standard InChI is InChI=1S/C21H32N2O5/c1-16-7-8-17(2)19(12-16)28-10-5-4-6-20(24)23-9-11-27-18(14-23)13-22(3)15-21(25)26/h7-8,12,18H,4-6,9-11,13-15H2,1-3H3,(H,25,26). The van der Waals surface area contributed by atoms with Crippen LogP contribution in [-0.2, 0) is 14.3 Å². The Bertz CT molecular complexity index is 664. The van der Waals surface area contributed by atoms with Gasteiger partial charge in [-0.1, -0.05) is 12.1 Å². The molecule has 0 bridgehead atoms. The summed E-state index contributed by atoms with van der Waals surface area (Å²) in [5, 5.41) is 8.84. The number of carbonyl (C=O) groups excluding carboxylic acids is 1. The highest BCUT2D eigenvalue weighted by Crippen LogP contribution is 2.19. The summed E-state index contributed by atoms with van der Waals surface area (Å²) in [6, 6.07) is 6.16. The first-order chi connectivity index (χ1) is 13.3. The minimum absolute atomic E-state index is 0.0335. The Hall–Kier alpha value is -2.12. The van der Waals surface area contributed by atoms with E-state index >= 15 is 0 Å². The molecule has 1 aromatic rings. The number of morpholine rings is 1. The molecule has 28 heavy (non-hydrogen) atoms. The van der Waals surface area contributed by atoms with E-state index in [1.807, 2.05) is 24.8 Å². The smallest absolute Gasteiger partial charge is 0.317 e. The molecule has 1 unspecified atom stereocenters. The molecule has 1 aliphatic heterocycles. The Morgan fingerprint density at radius 2 is 2.11 bits per heavy atom. The summed E-state index contributed by atoms with van der Waals surface area (Å²) in [6.45, 7) is 6.74. The molecule has 0 aromatic heterocycles. The highest BCUT2D eigenvalue weighted by molar-refractivity contribution is 5.76. The van der Waals surface area contributed by atoms with Gasteiger partial charge in [0.25, 0.3) is 0 Å². The largest absolute Gasteiger partial charge is 0.493 e. The van der Waals surface area contributed by atoms with Crippen molar-refractivity contribution in [2.75, 3.05) is 46.4 Å². The van der Waals surface area contributed by atoms with Crippen LogP contribution in [0.3, 0.4) is 0 Å². The first-order valence-electron chi connectivity index (χ1n) is 9.85. The van der Waals surface area contributed by atoms with Crippen LogP contribution in [0.5, 0.6) is 5.75 Å². The Morgan fingerprint density at radius 3 is 2.86 bits per heavy atom. The van der Waals surface area contributed by atoms with Crippen molar-refractivity contribution >= 4 is 11.9 Å². The van der Waals surface area contributed by atoms with Crippen molar-refractivity contribution in [1.29, 1.82) is 0 Å². The second-order valence-electron chi connectivity index (χ2n) is 7.50. The van der Waals surface area contributed by atoms with Gasteiger partial charge in [-0.05, 0) is 50.9 Å². The Balaban J connectivity index is 1.66. The van der Waals surface area contributed by atoms with Crippen molar-refractivity contribution in [3.63, 3.8) is 0 Å². The van der Waals surface area contributed by atoms with E-state index < -0.39 is 5.97 Å². The van der Waals surface area contributed by atoms with Gasteiger partial charge in [0.15, 0.2) is 0 Å². The summed E-state index contributed by atoms with van der Waals surface area (Å²) in [7, 11) is 1.74. The van der Waals surface area contributed by atoms with Gasteiger partial charge in [-0.15, -0.1) is 0 Å². The lowest BCUT2D eigenvalue weighted by Crippen LogP contribution is -2.49. The average Bonchev–Trinajstić information content (AvgIpc) is 2.63. The van der Waals surface area contributed by atoms with Gasteiger partial charge in [0.1, 0.15) is 5.75 Å². The molecule has 1 aliphatic rings. The molecule has 1 amide bonds. The molecule has 0 spiro atoms. The zero-order valence-electron chi connectivity index (χ0n) is 17.1. The molecular weight excluding hydrogens is 360 g/mol. The monoisotopic (exact) mass is 392 g/mol. The van der Waals surface area contributed by atoms with Gasteiger partial charge in [0.05, 0.1) is 25.9 Å². The summed E-state index contributed by atoms with van der Waals surface area (Å²) in [6.07, 6.45) is 1.96. The van der Waals surface area contributed by atoms with Crippen LogP contribution >= 0.6 is 0 Å². The number of carbonyl (C=O) groups is 2. The third kappa shape index (κ3) is 7.48.